The average molecular weight is 284 g/mol. The van der Waals surface area contributed by atoms with Gasteiger partial charge in [0.2, 0.25) is 5.95 Å². The Morgan fingerprint density at radius 2 is 2.24 bits per heavy atom. The van der Waals surface area contributed by atoms with Gasteiger partial charge in [-0.3, -0.25) is 9.36 Å². The van der Waals surface area contributed by atoms with Crippen molar-refractivity contribution < 1.29 is 0 Å². The Kier molecular flexibility index (Phi) is 2.75. The van der Waals surface area contributed by atoms with Gasteiger partial charge in [0, 0.05) is 25.4 Å². The molecule has 1 spiro atoms. The van der Waals surface area contributed by atoms with Crippen molar-refractivity contribution in [1.82, 2.24) is 24.8 Å². The molecule has 1 atom stereocenters. The normalized spacial score (nSPS) is 23.8. The van der Waals surface area contributed by atoms with Gasteiger partial charge in [-0.2, -0.15) is 0 Å². The molecule has 21 heavy (non-hydrogen) atoms. The molecule has 2 N–H and O–H groups in total. The molecule has 108 valence electrons. The van der Waals surface area contributed by atoms with Crippen LogP contribution in [0, 0.1) is 0 Å². The highest BCUT2D eigenvalue weighted by atomic mass is 16.1. The second kappa shape index (κ2) is 4.63. The van der Waals surface area contributed by atoms with E-state index in [1.165, 1.54) is 6.33 Å². The molecule has 2 aliphatic rings. The van der Waals surface area contributed by atoms with Crippen LogP contribution in [-0.2, 0) is 6.54 Å². The van der Waals surface area contributed by atoms with E-state index in [0.29, 0.717) is 23.9 Å². The van der Waals surface area contributed by atoms with Gasteiger partial charge in [0.25, 0.3) is 5.56 Å². The number of nitrogens with one attached hydrogen (secondary N) is 2. The van der Waals surface area contributed by atoms with Crippen molar-refractivity contribution in [3.63, 3.8) is 0 Å². The van der Waals surface area contributed by atoms with Gasteiger partial charge in [0.15, 0.2) is 0 Å². The van der Waals surface area contributed by atoms with E-state index in [2.05, 4.69) is 25.6 Å². The largest absolute Gasteiger partial charge is 0.349 e. The standard InChI is InChI=1S/C14H16N6O/c21-12-7-11(10-1-4-16-9-17-10)18-13-19-14(2-5-15-8-14)3-6-20(12)13/h1,4,7,9,15H,2-3,5-6,8H2,(H,18,19). The van der Waals surface area contributed by atoms with Crippen LogP contribution in [0.5, 0.6) is 0 Å². The van der Waals surface area contributed by atoms with Crippen LogP contribution in [0.3, 0.4) is 0 Å². The molecular weight excluding hydrogens is 268 g/mol. The Labute approximate surface area is 121 Å². The number of anilines is 1. The fourth-order valence-electron chi connectivity index (χ4n) is 3.08. The molecule has 0 saturated carbocycles. The van der Waals surface area contributed by atoms with E-state index in [-0.39, 0.29) is 11.1 Å². The Morgan fingerprint density at radius 3 is 3.00 bits per heavy atom. The highest BCUT2D eigenvalue weighted by molar-refractivity contribution is 5.55. The number of rotatable bonds is 1. The summed E-state index contributed by atoms with van der Waals surface area (Å²) in [6.07, 6.45) is 5.11. The van der Waals surface area contributed by atoms with Crippen LogP contribution in [0.15, 0.2) is 29.5 Å². The van der Waals surface area contributed by atoms with E-state index in [9.17, 15) is 4.79 Å². The topological polar surface area (TPSA) is 84.7 Å². The van der Waals surface area contributed by atoms with E-state index in [1.54, 1.807) is 22.9 Å². The minimum atomic E-state index is -0.0399. The van der Waals surface area contributed by atoms with Gasteiger partial charge in [0.1, 0.15) is 6.33 Å². The van der Waals surface area contributed by atoms with E-state index in [1.807, 2.05) is 0 Å². The Morgan fingerprint density at radius 1 is 1.29 bits per heavy atom. The van der Waals surface area contributed by atoms with Crippen LogP contribution < -0.4 is 16.2 Å². The SMILES string of the molecule is O=c1cc(-c2ccncn2)nc2n1CCC1(CCNC1)N2. The number of hydrogen-bond donors (Lipinski definition) is 2. The van der Waals surface area contributed by atoms with E-state index in [4.69, 9.17) is 0 Å². The van der Waals surface area contributed by atoms with Gasteiger partial charge in [-0.1, -0.05) is 0 Å². The molecule has 1 fully saturated rings. The Balaban J connectivity index is 1.78. The summed E-state index contributed by atoms with van der Waals surface area (Å²) in [5.41, 5.74) is 1.24. The fraction of sp³-hybridized carbons (Fsp3) is 0.429. The molecule has 2 aromatic rings. The van der Waals surface area contributed by atoms with Gasteiger partial charge in [-0.25, -0.2) is 15.0 Å². The zero-order valence-electron chi connectivity index (χ0n) is 11.5. The van der Waals surface area contributed by atoms with Crippen LogP contribution >= 0.6 is 0 Å². The van der Waals surface area contributed by atoms with Crippen molar-refractivity contribution in [2.45, 2.75) is 24.9 Å². The molecule has 7 heteroatoms. The van der Waals surface area contributed by atoms with Crippen LogP contribution in [0.4, 0.5) is 5.95 Å². The minimum Gasteiger partial charge on any atom is -0.349 e. The maximum Gasteiger partial charge on any atom is 0.255 e. The van der Waals surface area contributed by atoms with E-state index >= 15 is 0 Å². The lowest BCUT2D eigenvalue weighted by Crippen LogP contribution is -2.47. The number of hydrogen-bond acceptors (Lipinski definition) is 6. The minimum absolute atomic E-state index is 0.0315. The maximum absolute atomic E-state index is 12.3. The summed E-state index contributed by atoms with van der Waals surface area (Å²) in [7, 11) is 0. The first kappa shape index (κ1) is 12.5. The molecule has 2 aromatic heterocycles. The van der Waals surface area contributed by atoms with Crippen molar-refractivity contribution in [2.75, 3.05) is 18.4 Å². The third-order valence-corrected chi connectivity index (χ3v) is 4.29. The predicted molar refractivity (Wildman–Crippen MR) is 78.0 cm³/mol. The summed E-state index contributed by atoms with van der Waals surface area (Å²) in [6.45, 7) is 2.63. The third kappa shape index (κ3) is 2.09. The van der Waals surface area contributed by atoms with Crippen LogP contribution in [0.2, 0.25) is 0 Å². The zero-order valence-corrected chi connectivity index (χ0v) is 11.5. The summed E-state index contributed by atoms with van der Waals surface area (Å²) in [5, 5.41) is 6.85. The average Bonchev–Trinajstić information content (AvgIpc) is 2.95. The maximum atomic E-state index is 12.3. The van der Waals surface area contributed by atoms with Gasteiger partial charge < -0.3 is 10.6 Å². The molecule has 7 nitrogen and oxygen atoms in total. The molecule has 1 unspecified atom stereocenters. The van der Waals surface area contributed by atoms with Gasteiger partial charge in [0.05, 0.1) is 16.9 Å². The first-order chi connectivity index (χ1) is 10.3. The molecule has 4 rings (SSSR count). The number of nitrogens with zero attached hydrogens (tertiary/aromatic N) is 4. The van der Waals surface area contributed by atoms with Gasteiger partial charge in [-0.05, 0) is 25.5 Å². The highest BCUT2D eigenvalue weighted by Gasteiger charge is 2.37. The van der Waals surface area contributed by atoms with Gasteiger partial charge >= 0.3 is 0 Å². The molecule has 0 radical (unpaired) electrons. The van der Waals surface area contributed by atoms with Crippen LogP contribution in [0.25, 0.3) is 11.4 Å². The smallest absolute Gasteiger partial charge is 0.255 e. The lowest BCUT2D eigenvalue weighted by molar-refractivity contribution is 0.393. The molecule has 0 aromatic carbocycles. The lowest BCUT2D eigenvalue weighted by atomic mass is 9.93. The molecule has 4 heterocycles. The molecule has 0 aliphatic carbocycles. The number of fused-ring (bicyclic) bond motifs is 1. The van der Waals surface area contributed by atoms with E-state index in [0.717, 1.165) is 25.9 Å². The van der Waals surface area contributed by atoms with Crippen LogP contribution in [0.1, 0.15) is 12.8 Å². The summed E-state index contributed by atoms with van der Waals surface area (Å²) in [6, 6.07) is 3.30. The molecular formula is C14H16N6O. The highest BCUT2D eigenvalue weighted by Crippen LogP contribution is 2.29. The van der Waals surface area contributed by atoms with Crippen molar-refractivity contribution in [3.05, 3.63) is 35.0 Å². The second-order valence-electron chi connectivity index (χ2n) is 5.63. The quantitative estimate of drug-likeness (QED) is 0.781. The van der Waals surface area contributed by atoms with Gasteiger partial charge in [-0.15, -0.1) is 0 Å². The molecule has 2 aliphatic heterocycles. The summed E-state index contributed by atoms with van der Waals surface area (Å²) >= 11 is 0. The second-order valence-corrected chi connectivity index (χ2v) is 5.63. The van der Waals surface area contributed by atoms with Crippen molar-refractivity contribution >= 4 is 5.95 Å². The monoisotopic (exact) mass is 284 g/mol. The van der Waals surface area contributed by atoms with Crippen LogP contribution in [-0.4, -0.2) is 38.1 Å². The predicted octanol–water partition coefficient (Wildman–Crippen LogP) is 0.248. The Hall–Kier alpha value is -2.28. The van der Waals surface area contributed by atoms with Crippen molar-refractivity contribution in [1.29, 1.82) is 0 Å². The molecule has 0 bridgehead atoms. The molecule has 0 amide bonds. The Bertz CT molecular complexity index is 720. The lowest BCUT2D eigenvalue weighted by Gasteiger charge is -2.36. The van der Waals surface area contributed by atoms with Crippen molar-refractivity contribution in [2.24, 2.45) is 0 Å². The van der Waals surface area contributed by atoms with Crippen molar-refractivity contribution in [3.8, 4) is 11.4 Å². The third-order valence-electron chi connectivity index (χ3n) is 4.29. The summed E-state index contributed by atoms with van der Waals surface area (Å²) in [5.74, 6) is 0.645. The zero-order chi connectivity index (χ0) is 14.3. The summed E-state index contributed by atoms with van der Waals surface area (Å²) < 4.78 is 1.70. The summed E-state index contributed by atoms with van der Waals surface area (Å²) in [4.78, 5) is 24.9. The fourth-order valence-corrected chi connectivity index (χ4v) is 3.08. The first-order valence-electron chi connectivity index (χ1n) is 7.13. The number of aromatic nitrogens is 4. The first-order valence-corrected chi connectivity index (χ1v) is 7.13. The molecule has 1 saturated heterocycles. The van der Waals surface area contributed by atoms with E-state index < -0.39 is 0 Å².